The first kappa shape index (κ1) is 27.7. The molecule has 1 fully saturated rings. The third-order valence-corrected chi connectivity index (χ3v) is 6.07. The quantitative estimate of drug-likeness (QED) is 0.377. The van der Waals surface area contributed by atoms with Gasteiger partial charge < -0.3 is 24.6 Å². The lowest BCUT2D eigenvalue weighted by molar-refractivity contribution is -0.146. The Hall–Kier alpha value is -3.35. The van der Waals surface area contributed by atoms with Crippen molar-refractivity contribution in [3.8, 4) is 16.9 Å². The lowest BCUT2D eigenvalue weighted by Crippen LogP contribution is -2.70. The molecule has 38 heavy (non-hydrogen) atoms. The molecular weight excluding hydrogens is 552 g/mol. The fourth-order valence-electron chi connectivity index (χ4n) is 3.64. The molecule has 3 aromatic rings. The molecule has 0 unspecified atom stereocenters. The average molecular weight is 573 g/mol. The molecule has 1 saturated heterocycles. The molecule has 0 spiro atoms. The molecule has 14 heteroatoms. The Morgan fingerprint density at radius 3 is 2.58 bits per heavy atom. The standard InChI is InChI=1S/C24H21Cl2F3N4O5/c1-12-4-19(38-33-12)22(34)32-24(10-36-11-24)23(35)30-3-2-18-17(27)5-13(8-31-18)15-6-14(25)7-16(26)21(15)37-9-20(28)29/h4-8,20H,2-3,9-11H2,1H3,(H,30,35)(H,32,34). The Balaban J connectivity index is 1.40. The molecule has 0 atom stereocenters. The van der Waals surface area contributed by atoms with Crippen molar-refractivity contribution in [2.24, 2.45) is 0 Å². The Bertz CT molecular complexity index is 1350. The van der Waals surface area contributed by atoms with Crippen molar-refractivity contribution >= 4 is 35.0 Å². The zero-order chi connectivity index (χ0) is 27.4. The minimum atomic E-state index is -2.74. The van der Waals surface area contributed by atoms with Gasteiger partial charge in [0.05, 0.1) is 29.6 Å². The number of pyridine rings is 1. The van der Waals surface area contributed by atoms with Crippen molar-refractivity contribution in [3.05, 3.63) is 63.5 Å². The lowest BCUT2D eigenvalue weighted by atomic mass is 9.95. The molecule has 1 aliphatic heterocycles. The van der Waals surface area contributed by atoms with Gasteiger partial charge in [-0.2, -0.15) is 0 Å². The Morgan fingerprint density at radius 2 is 1.97 bits per heavy atom. The van der Waals surface area contributed by atoms with Crippen LogP contribution in [0.4, 0.5) is 13.2 Å². The average Bonchev–Trinajstić information content (AvgIpc) is 3.27. The number of hydrogen-bond donors (Lipinski definition) is 2. The summed E-state index contributed by atoms with van der Waals surface area (Å²) in [4.78, 5) is 29.3. The SMILES string of the molecule is Cc1cc(C(=O)NC2(C(=O)NCCc3ncc(-c4cc(Cl)cc(Cl)c4OCC(F)F)cc3F)COC2)on1. The number of alkyl halides is 2. The van der Waals surface area contributed by atoms with E-state index in [0.29, 0.717) is 5.69 Å². The predicted molar refractivity (Wildman–Crippen MR) is 130 cm³/mol. The first-order chi connectivity index (χ1) is 18.1. The predicted octanol–water partition coefficient (Wildman–Crippen LogP) is 3.99. The van der Waals surface area contributed by atoms with Crippen molar-refractivity contribution in [2.45, 2.75) is 25.3 Å². The number of benzene rings is 1. The highest BCUT2D eigenvalue weighted by molar-refractivity contribution is 6.36. The molecule has 9 nitrogen and oxygen atoms in total. The van der Waals surface area contributed by atoms with E-state index in [1.165, 1.54) is 24.4 Å². The Morgan fingerprint density at radius 1 is 1.21 bits per heavy atom. The molecule has 3 heterocycles. The third-order valence-electron chi connectivity index (χ3n) is 5.57. The van der Waals surface area contributed by atoms with Crippen LogP contribution in [-0.4, -0.2) is 60.3 Å². The van der Waals surface area contributed by atoms with Crippen molar-refractivity contribution < 1.29 is 36.8 Å². The molecular formula is C24H21Cl2F3N4O5. The van der Waals surface area contributed by atoms with Crippen LogP contribution in [0.5, 0.6) is 5.75 Å². The molecule has 1 aliphatic rings. The normalized spacial score (nSPS) is 14.2. The highest BCUT2D eigenvalue weighted by Gasteiger charge is 2.47. The van der Waals surface area contributed by atoms with Crippen LogP contribution < -0.4 is 15.4 Å². The summed E-state index contributed by atoms with van der Waals surface area (Å²) in [5.41, 5.74) is -0.348. The summed E-state index contributed by atoms with van der Waals surface area (Å²) >= 11 is 12.1. The molecule has 0 radical (unpaired) electrons. The number of carbonyl (C=O) groups excluding carboxylic acids is 2. The van der Waals surface area contributed by atoms with E-state index in [2.05, 4.69) is 20.8 Å². The number of aryl methyl sites for hydroxylation is 1. The minimum absolute atomic E-state index is 0.00682. The Kier molecular flexibility index (Phi) is 8.44. The van der Waals surface area contributed by atoms with Crippen LogP contribution >= 0.6 is 23.2 Å². The molecule has 202 valence electrons. The van der Waals surface area contributed by atoms with Gasteiger partial charge in [-0.1, -0.05) is 28.4 Å². The monoisotopic (exact) mass is 572 g/mol. The van der Waals surface area contributed by atoms with Crippen LogP contribution in [0.2, 0.25) is 10.0 Å². The second-order valence-corrected chi connectivity index (χ2v) is 9.33. The van der Waals surface area contributed by atoms with Gasteiger partial charge in [-0.25, -0.2) is 13.2 Å². The third kappa shape index (κ3) is 6.20. The molecule has 2 N–H and O–H groups in total. The number of rotatable bonds is 10. The number of nitrogens with one attached hydrogen (secondary N) is 2. The summed E-state index contributed by atoms with van der Waals surface area (Å²) in [6.45, 7) is 0.660. The summed E-state index contributed by atoms with van der Waals surface area (Å²) in [6, 6.07) is 5.30. The van der Waals surface area contributed by atoms with Gasteiger partial charge in [0.25, 0.3) is 18.2 Å². The van der Waals surface area contributed by atoms with Crippen LogP contribution in [0, 0.1) is 12.7 Å². The highest BCUT2D eigenvalue weighted by Crippen LogP contribution is 2.39. The molecule has 0 bridgehead atoms. The van der Waals surface area contributed by atoms with E-state index in [-0.39, 0.29) is 64.6 Å². The second-order valence-electron chi connectivity index (χ2n) is 8.49. The van der Waals surface area contributed by atoms with Crippen molar-refractivity contribution in [1.82, 2.24) is 20.8 Å². The molecule has 2 amide bonds. The molecule has 0 aliphatic carbocycles. The van der Waals surface area contributed by atoms with E-state index in [9.17, 15) is 22.8 Å². The number of ether oxygens (including phenoxy) is 2. The first-order valence-corrected chi connectivity index (χ1v) is 12.0. The minimum Gasteiger partial charge on any atom is -0.485 e. The van der Waals surface area contributed by atoms with E-state index < -0.39 is 36.2 Å². The van der Waals surface area contributed by atoms with Crippen LogP contribution in [-0.2, 0) is 16.0 Å². The second kappa shape index (κ2) is 11.6. The maximum absolute atomic E-state index is 14.9. The number of aromatic nitrogens is 2. The topological polar surface area (TPSA) is 116 Å². The zero-order valence-corrected chi connectivity index (χ0v) is 21.3. The molecule has 4 rings (SSSR count). The van der Waals surface area contributed by atoms with E-state index in [1.54, 1.807) is 6.92 Å². The lowest BCUT2D eigenvalue weighted by Gasteiger charge is -2.39. The number of nitrogens with zero attached hydrogens (tertiary/aromatic N) is 2. The van der Waals surface area contributed by atoms with Crippen LogP contribution in [0.25, 0.3) is 11.1 Å². The molecule has 0 saturated carbocycles. The number of hydrogen-bond acceptors (Lipinski definition) is 7. The van der Waals surface area contributed by atoms with Crippen molar-refractivity contribution in [1.29, 1.82) is 0 Å². The fraction of sp³-hybridized carbons (Fsp3) is 0.333. The van der Waals surface area contributed by atoms with Crippen molar-refractivity contribution in [2.75, 3.05) is 26.4 Å². The largest absolute Gasteiger partial charge is 0.485 e. The summed E-state index contributed by atoms with van der Waals surface area (Å²) in [7, 11) is 0. The van der Waals surface area contributed by atoms with E-state index in [0.717, 1.165) is 6.07 Å². The van der Waals surface area contributed by atoms with E-state index in [1.807, 2.05) is 0 Å². The first-order valence-electron chi connectivity index (χ1n) is 11.2. The van der Waals surface area contributed by atoms with E-state index >= 15 is 0 Å². The summed E-state index contributed by atoms with van der Waals surface area (Å²) < 4.78 is 55.4. The number of carbonyl (C=O) groups is 2. The summed E-state index contributed by atoms with van der Waals surface area (Å²) in [5, 5.41) is 9.07. The van der Waals surface area contributed by atoms with Gasteiger partial charge in [-0.3, -0.25) is 14.6 Å². The van der Waals surface area contributed by atoms with Gasteiger partial charge >= 0.3 is 0 Å². The van der Waals surface area contributed by atoms with Gasteiger partial charge in [0, 0.05) is 41.4 Å². The molecule has 2 aromatic heterocycles. The van der Waals surface area contributed by atoms with Crippen LogP contribution in [0.3, 0.4) is 0 Å². The number of halogens is 5. The maximum atomic E-state index is 14.9. The highest BCUT2D eigenvalue weighted by atomic mass is 35.5. The van der Waals surface area contributed by atoms with Gasteiger partial charge in [-0.05, 0) is 25.1 Å². The summed E-state index contributed by atoms with van der Waals surface area (Å²) in [5.74, 6) is -1.96. The van der Waals surface area contributed by atoms with Gasteiger partial charge in [0.1, 0.15) is 18.2 Å². The van der Waals surface area contributed by atoms with Crippen LogP contribution in [0.1, 0.15) is 21.9 Å². The summed E-state index contributed by atoms with van der Waals surface area (Å²) in [6.07, 6.45) is -1.40. The smallest absolute Gasteiger partial charge is 0.290 e. The molecule has 1 aromatic carbocycles. The fourth-order valence-corrected chi connectivity index (χ4v) is 4.19. The Labute approximate surface area is 224 Å². The zero-order valence-electron chi connectivity index (χ0n) is 19.8. The van der Waals surface area contributed by atoms with Gasteiger partial charge in [-0.15, -0.1) is 0 Å². The number of amides is 2. The van der Waals surface area contributed by atoms with Crippen molar-refractivity contribution in [3.63, 3.8) is 0 Å². The van der Waals surface area contributed by atoms with Gasteiger partial charge in [0.15, 0.2) is 5.54 Å². The van der Waals surface area contributed by atoms with Gasteiger partial charge in [0.2, 0.25) is 5.76 Å². The van der Waals surface area contributed by atoms with Crippen LogP contribution in [0.15, 0.2) is 35.0 Å². The maximum Gasteiger partial charge on any atom is 0.290 e. The van der Waals surface area contributed by atoms with E-state index in [4.69, 9.17) is 37.2 Å².